The number of benzene rings is 1. The minimum absolute atomic E-state index is 0.207. The molecule has 0 spiro atoms. The van der Waals surface area contributed by atoms with E-state index in [1.54, 1.807) is 0 Å². The Morgan fingerprint density at radius 2 is 2.13 bits per heavy atom. The molecular formula is C13H19NS. The summed E-state index contributed by atoms with van der Waals surface area (Å²) in [5.74, 6) is 1.77. The monoisotopic (exact) mass is 221 g/mol. The smallest absolute Gasteiger partial charge is 0.0421 e. The van der Waals surface area contributed by atoms with Crippen LogP contribution in [0.3, 0.4) is 0 Å². The van der Waals surface area contributed by atoms with Gasteiger partial charge >= 0.3 is 0 Å². The van der Waals surface area contributed by atoms with Crippen LogP contribution >= 0.6 is 11.8 Å². The lowest BCUT2D eigenvalue weighted by molar-refractivity contribution is 0.520. The number of hydrogen-bond acceptors (Lipinski definition) is 2. The Morgan fingerprint density at radius 3 is 2.80 bits per heavy atom. The first-order valence-electron chi connectivity index (χ1n) is 5.56. The summed E-state index contributed by atoms with van der Waals surface area (Å²) in [4.78, 5) is 0. The summed E-state index contributed by atoms with van der Waals surface area (Å²) in [6.07, 6.45) is 0. The van der Waals surface area contributed by atoms with E-state index in [2.05, 4.69) is 39.0 Å². The molecule has 1 aliphatic rings. The van der Waals surface area contributed by atoms with Crippen molar-refractivity contribution in [2.24, 2.45) is 11.7 Å². The van der Waals surface area contributed by atoms with Crippen LogP contribution in [0.2, 0.25) is 0 Å². The van der Waals surface area contributed by atoms with Gasteiger partial charge in [0, 0.05) is 17.0 Å². The van der Waals surface area contributed by atoms with Gasteiger partial charge in [-0.1, -0.05) is 37.6 Å². The zero-order chi connectivity index (χ0) is 11.0. The summed E-state index contributed by atoms with van der Waals surface area (Å²) in [6.45, 7) is 6.66. The van der Waals surface area contributed by atoms with E-state index >= 15 is 0 Å². The molecule has 1 aliphatic heterocycles. The molecule has 2 rings (SSSR count). The van der Waals surface area contributed by atoms with Crippen molar-refractivity contribution >= 4 is 11.8 Å². The van der Waals surface area contributed by atoms with E-state index in [-0.39, 0.29) is 6.04 Å². The van der Waals surface area contributed by atoms with Gasteiger partial charge in [-0.05, 0) is 24.0 Å². The van der Waals surface area contributed by atoms with E-state index in [9.17, 15) is 0 Å². The van der Waals surface area contributed by atoms with Gasteiger partial charge in [0.15, 0.2) is 0 Å². The number of aryl methyl sites for hydroxylation is 1. The van der Waals surface area contributed by atoms with Gasteiger partial charge in [0.1, 0.15) is 0 Å². The molecule has 1 heterocycles. The molecule has 2 N–H and O–H groups in total. The van der Waals surface area contributed by atoms with Crippen LogP contribution in [0.1, 0.15) is 36.6 Å². The average molecular weight is 221 g/mol. The maximum Gasteiger partial charge on any atom is 0.0421 e. The third kappa shape index (κ3) is 2.06. The van der Waals surface area contributed by atoms with Crippen LogP contribution in [0.15, 0.2) is 18.2 Å². The molecule has 1 aromatic carbocycles. The fraction of sp³-hybridized carbons (Fsp3) is 0.538. The molecule has 15 heavy (non-hydrogen) atoms. The van der Waals surface area contributed by atoms with E-state index in [0.717, 1.165) is 5.75 Å². The molecule has 1 aromatic rings. The van der Waals surface area contributed by atoms with Gasteiger partial charge in [0.05, 0.1) is 0 Å². The maximum atomic E-state index is 6.34. The van der Waals surface area contributed by atoms with Gasteiger partial charge in [-0.3, -0.25) is 0 Å². The molecule has 0 bridgehead atoms. The first-order chi connectivity index (χ1) is 7.09. The maximum absolute atomic E-state index is 6.34. The molecule has 2 heteroatoms. The highest BCUT2D eigenvalue weighted by molar-refractivity contribution is 7.99. The van der Waals surface area contributed by atoms with Gasteiger partial charge in [-0.25, -0.2) is 0 Å². The molecule has 2 atom stereocenters. The highest BCUT2D eigenvalue weighted by atomic mass is 32.2. The molecule has 0 saturated heterocycles. The van der Waals surface area contributed by atoms with Crippen molar-refractivity contribution in [3.05, 3.63) is 34.9 Å². The molecule has 0 fully saturated rings. The lowest BCUT2D eigenvalue weighted by atomic mass is 9.92. The van der Waals surface area contributed by atoms with E-state index in [1.807, 2.05) is 11.8 Å². The van der Waals surface area contributed by atoms with Gasteiger partial charge in [-0.15, -0.1) is 0 Å². The van der Waals surface area contributed by atoms with Crippen molar-refractivity contribution in [3.8, 4) is 0 Å². The van der Waals surface area contributed by atoms with Gasteiger partial charge in [-0.2, -0.15) is 11.8 Å². The van der Waals surface area contributed by atoms with Gasteiger partial charge in [0.25, 0.3) is 0 Å². The van der Waals surface area contributed by atoms with Crippen LogP contribution in [0.5, 0.6) is 0 Å². The lowest BCUT2D eigenvalue weighted by Gasteiger charge is -2.33. The fourth-order valence-electron chi connectivity index (χ4n) is 2.23. The number of fused-ring (bicyclic) bond motifs is 1. The number of thioether (sulfide) groups is 1. The second-order valence-electron chi connectivity index (χ2n) is 4.75. The number of hydrogen-bond donors (Lipinski definition) is 1. The largest absolute Gasteiger partial charge is 0.323 e. The zero-order valence-electron chi connectivity index (χ0n) is 9.66. The molecule has 2 unspecified atom stereocenters. The van der Waals surface area contributed by atoms with Crippen LogP contribution in [0.25, 0.3) is 0 Å². The van der Waals surface area contributed by atoms with Gasteiger partial charge in [0.2, 0.25) is 0 Å². The predicted octanol–water partition coefficient (Wildman–Crippen LogP) is 3.27. The Hall–Kier alpha value is -0.470. The summed E-state index contributed by atoms with van der Waals surface area (Å²) in [5, 5.41) is 0.569. The standard InChI is InChI=1S/C13H19NS/c1-8(2)13-12(14)11-6-9(3)4-5-10(11)7-15-13/h4-6,8,12-13H,7,14H2,1-3H3. The van der Waals surface area contributed by atoms with E-state index in [1.165, 1.54) is 16.7 Å². The second-order valence-corrected chi connectivity index (χ2v) is 5.91. The molecule has 0 aliphatic carbocycles. The molecule has 1 nitrogen and oxygen atoms in total. The molecule has 0 saturated carbocycles. The summed E-state index contributed by atoms with van der Waals surface area (Å²) in [7, 11) is 0. The number of nitrogens with two attached hydrogens (primary N) is 1. The molecular weight excluding hydrogens is 202 g/mol. The second kappa shape index (κ2) is 4.18. The Kier molecular flexibility index (Phi) is 3.08. The van der Waals surface area contributed by atoms with Crippen molar-refractivity contribution in [2.45, 2.75) is 37.8 Å². The topological polar surface area (TPSA) is 26.0 Å². The Morgan fingerprint density at radius 1 is 1.40 bits per heavy atom. The quantitative estimate of drug-likeness (QED) is 0.787. The number of rotatable bonds is 1. The van der Waals surface area contributed by atoms with Crippen molar-refractivity contribution in [1.82, 2.24) is 0 Å². The van der Waals surface area contributed by atoms with Crippen molar-refractivity contribution in [3.63, 3.8) is 0 Å². The molecule has 0 amide bonds. The van der Waals surface area contributed by atoms with Crippen molar-refractivity contribution < 1.29 is 0 Å². The van der Waals surface area contributed by atoms with E-state index < -0.39 is 0 Å². The summed E-state index contributed by atoms with van der Waals surface area (Å²) < 4.78 is 0. The average Bonchev–Trinajstić information content (AvgIpc) is 2.19. The minimum atomic E-state index is 0.207. The van der Waals surface area contributed by atoms with Crippen LogP contribution in [0.4, 0.5) is 0 Å². The Balaban J connectivity index is 2.36. The van der Waals surface area contributed by atoms with E-state index in [4.69, 9.17) is 5.73 Å². The minimum Gasteiger partial charge on any atom is -0.323 e. The predicted molar refractivity (Wildman–Crippen MR) is 68.0 cm³/mol. The van der Waals surface area contributed by atoms with Crippen molar-refractivity contribution in [2.75, 3.05) is 0 Å². The lowest BCUT2D eigenvalue weighted by Crippen LogP contribution is -2.32. The third-order valence-corrected chi connectivity index (χ3v) is 4.80. The first kappa shape index (κ1) is 11.0. The third-order valence-electron chi connectivity index (χ3n) is 3.10. The normalized spacial score (nSPS) is 25.4. The SMILES string of the molecule is Cc1ccc2c(c1)C(N)C(C(C)C)SC2. The summed E-state index contributed by atoms with van der Waals surface area (Å²) in [5.41, 5.74) is 10.5. The van der Waals surface area contributed by atoms with Crippen LogP contribution < -0.4 is 5.73 Å². The highest BCUT2D eigenvalue weighted by Gasteiger charge is 2.29. The fourth-order valence-corrected chi connectivity index (χ4v) is 3.60. The highest BCUT2D eigenvalue weighted by Crippen LogP contribution is 2.39. The van der Waals surface area contributed by atoms with Crippen molar-refractivity contribution in [1.29, 1.82) is 0 Å². The summed E-state index contributed by atoms with van der Waals surface area (Å²) in [6, 6.07) is 6.88. The Bertz CT molecular complexity index is 360. The van der Waals surface area contributed by atoms with Crippen LogP contribution in [0, 0.1) is 12.8 Å². The van der Waals surface area contributed by atoms with E-state index in [0.29, 0.717) is 11.2 Å². The zero-order valence-corrected chi connectivity index (χ0v) is 10.5. The van der Waals surface area contributed by atoms with Gasteiger partial charge < -0.3 is 5.73 Å². The van der Waals surface area contributed by atoms with Crippen LogP contribution in [-0.2, 0) is 5.75 Å². The van der Waals surface area contributed by atoms with Crippen LogP contribution in [-0.4, -0.2) is 5.25 Å². The molecule has 0 aromatic heterocycles. The first-order valence-corrected chi connectivity index (χ1v) is 6.61. The Labute approximate surface area is 96.4 Å². The molecule has 82 valence electrons. The summed E-state index contributed by atoms with van der Waals surface area (Å²) >= 11 is 2.00. The molecule has 0 radical (unpaired) electrons.